The Balaban J connectivity index is 1.80. The topological polar surface area (TPSA) is 26.3 Å². The molecule has 3 aromatic carbocycles. The highest BCUT2D eigenvalue weighted by Gasteiger charge is 2.09. The lowest BCUT2D eigenvalue weighted by Crippen LogP contribution is -1.96. The largest absolute Gasteiger partial charge is 0.482 e. The van der Waals surface area contributed by atoms with Gasteiger partial charge in [-0.25, -0.2) is 0 Å². The van der Waals surface area contributed by atoms with Crippen molar-refractivity contribution in [2.45, 2.75) is 4.90 Å². The van der Waals surface area contributed by atoms with Gasteiger partial charge in [0.2, 0.25) is 0 Å². The summed E-state index contributed by atoms with van der Waals surface area (Å²) in [4.78, 5) is 12.4. The molecule has 0 unspecified atom stereocenters. The molecule has 3 rings (SSSR count). The van der Waals surface area contributed by atoms with Crippen molar-refractivity contribution in [3.63, 3.8) is 0 Å². The number of thioether (sulfide) groups is 1. The number of hydrogen-bond acceptors (Lipinski definition) is 3. The van der Waals surface area contributed by atoms with Crippen molar-refractivity contribution >= 4 is 18.0 Å². The van der Waals surface area contributed by atoms with Gasteiger partial charge in [0.25, 0.3) is 0 Å². The van der Waals surface area contributed by atoms with Crippen LogP contribution in [0, 0.1) is 0 Å². The smallest absolute Gasteiger partial charge is 0.150 e. The Morgan fingerprint density at radius 2 is 1.43 bits per heavy atom. The van der Waals surface area contributed by atoms with Crippen LogP contribution < -0.4 is 4.74 Å². The van der Waals surface area contributed by atoms with Crippen LogP contribution in [0.15, 0.2) is 83.8 Å². The van der Waals surface area contributed by atoms with Gasteiger partial charge in [-0.2, -0.15) is 0 Å². The summed E-state index contributed by atoms with van der Waals surface area (Å²) in [5.74, 6) is 1.30. The molecule has 0 aliphatic rings. The Morgan fingerprint density at radius 1 is 0.783 bits per heavy atom. The van der Waals surface area contributed by atoms with Gasteiger partial charge in [-0.15, -0.1) is 0 Å². The standard InChI is InChI=1S/C20H16O2S/c21-14-16-8-4-5-11-18(16)19-12-6-7-13-20(19)22-15-23-17-9-2-1-3-10-17/h1-14H,15H2. The number of para-hydroxylation sites is 1. The van der Waals surface area contributed by atoms with Crippen molar-refractivity contribution in [3.05, 3.63) is 84.4 Å². The van der Waals surface area contributed by atoms with Crippen molar-refractivity contribution in [1.29, 1.82) is 0 Å². The number of benzene rings is 3. The lowest BCUT2D eigenvalue weighted by atomic mass is 10.00. The van der Waals surface area contributed by atoms with E-state index in [1.807, 2.05) is 66.7 Å². The van der Waals surface area contributed by atoms with Crippen molar-refractivity contribution in [1.82, 2.24) is 0 Å². The fourth-order valence-electron chi connectivity index (χ4n) is 2.34. The third kappa shape index (κ3) is 3.82. The molecular weight excluding hydrogens is 304 g/mol. The summed E-state index contributed by atoms with van der Waals surface area (Å²) in [6.45, 7) is 0. The zero-order valence-electron chi connectivity index (χ0n) is 12.5. The van der Waals surface area contributed by atoms with Gasteiger partial charge < -0.3 is 4.74 Å². The van der Waals surface area contributed by atoms with Crippen LogP contribution in [-0.2, 0) is 0 Å². The van der Waals surface area contributed by atoms with E-state index in [4.69, 9.17) is 4.74 Å². The molecule has 0 amide bonds. The van der Waals surface area contributed by atoms with E-state index >= 15 is 0 Å². The maximum atomic E-state index is 11.3. The molecule has 0 aliphatic heterocycles. The van der Waals surface area contributed by atoms with Crippen molar-refractivity contribution in [2.24, 2.45) is 0 Å². The van der Waals surface area contributed by atoms with Gasteiger partial charge in [-0.3, -0.25) is 4.79 Å². The molecule has 0 saturated heterocycles. The number of carbonyl (C=O) groups is 1. The molecule has 2 nitrogen and oxygen atoms in total. The summed E-state index contributed by atoms with van der Waals surface area (Å²) < 4.78 is 5.94. The highest BCUT2D eigenvalue weighted by molar-refractivity contribution is 7.99. The van der Waals surface area contributed by atoms with E-state index in [1.165, 1.54) is 4.90 Å². The molecule has 0 aliphatic carbocycles. The van der Waals surface area contributed by atoms with Crippen LogP contribution in [0.1, 0.15) is 10.4 Å². The lowest BCUT2D eigenvalue weighted by molar-refractivity contribution is 0.112. The molecule has 3 aromatic rings. The van der Waals surface area contributed by atoms with E-state index in [9.17, 15) is 4.79 Å². The fraction of sp³-hybridized carbons (Fsp3) is 0.0500. The number of aldehydes is 1. The quantitative estimate of drug-likeness (QED) is 0.350. The predicted molar refractivity (Wildman–Crippen MR) is 95.1 cm³/mol. The van der Waals surface area contributed by atoms with E-state index in [2.05, 4.69) is 12.1 Å². The Kier molecular flexibility index (Phi) is 5.12. The number of rotatable bonds is 6. The van der Waals surface area contributed by atoms with Crippen molar-refractivity contribution < 1.29 is 9.53 Å². The molecule has 0 radical (unpaired) electrons. The first-order valence-electron chi connectivity index (χ1n) is 7.33. The SMILES string of the molecule is O=Cc1ccccc1-c1ccccc1OCSc1ccccc1. The molecule has 0 saturated carbocycles. The van der Waals surface area contributed by atoms with Crippen molar-refractivity contribution in [2.75, 3.05) is 5.94 Å². The van der Waals surface area contributed by atoms with Gasteiger partial charge in [-0.05, 0) is 23.8 Å². The maximum absolute atomic E-state index is 11.3. The highest BCUT2D eigenvalue weighted by Crippen LogP contribution is 2.32. The van der Waals surface area contributed by atoms with Gasteiger partial charge in [0.15, 0.2) is 6.29 Å². The predicted octanol–water partition coefficient (Wildman–Crippen LogP) is 5.29. The van der Waals surface area contributed by atoms with Crippen LogP contribution in [0.4, 0.5) is 0 Å². The van der Waals surface area contributed by atoms with Crippen LogP contribution in [-0.4, -0.2) is 12.2 Å². The Hall–Kier alpha value is -2.52. The van der Waals surface area contributed by atoms with Crippen molar-refractivity contribution in [3.8, 4) is 16.9 Å². The lowest BCUT2D eigenvalue weighted by Gasteiger charge is -2.12. The Bertz CT molecular complexity index is 784. The highest BCUT2D eigenvalue weighted by atomic mass is 32.2. The van der Waals surface area contributed by atoms with E-state index in [1.54, 1.807) is 11.8 Å². The zero-order valence-corrected chi connectivity index (χ0v) is 13.3. The molecule has 0 atom stereocenters. The van der Waals surface area contributed by atoms with Crippen LogP contribution in [0.5, 0.6) is 5.75 Å². The second-order valence-electron chi connectivity index (χ2n) is 4.92. The van der Waals surface area contributed by atoms with Gasteiger partial charge in [0.1, 0.15) is 11.7 Å². The maximum Gasteiger partial charge on any atom is 0.150 e. The average molecular weight is 320 g/mol. The molecule has 23 heavy (non-hydrogen) atoms. The number of ether oxygens (including phenoxy) is 1. The summed E-state index contributed by atoms with van der Waals surface area (Å²) in [6.07, 6.45) is 0.880. The molecule has 114 valence electrons. The Morgan fingerprint density at radius 3 is 2.22 bits per heavy atom. The second-order valence-corrected chi connectivity index (χ2v) is 5.92. The van der Waals surface area contributed by atoms with Gasteiger partial charge in [0.05, 0.1) is 0 Å². The minimum Gasteiger partial charge on any atom is -0.482 e. The average Bonchev–Trinajstić information content (AvgIpc) is 2.63. The molecule has 0 spiro atoms. The third-order valence-electron chi connectivity index (χ3n) is 3.45. The van der Waals surface area contributed by atoms with E-state index in [0.717, 1.165) is 23.2 Å². The fourth-order valence-corrected chi connectivity index (χ4v) is 3.01. The summed E-state index contributed by atoms with van der Waals surface area (Å²) >= 11 is 1.64. The van der Waals surface area contributed by atoms with E-state index < -0.39 is 0 Å². The van der Waals surface area contributed by atoms with Crippen LogP contribution in [0.3, 0.4) is 0 Å². The number of hydrogen-bond donors (Lipinski definition) is 0. The summed E-state index contributed by atoms with van der Waals surface area (Å²) in [5, 5.41) is 0. The van der Waals surface area contributed by atoms with E-state index in [0.29, 0.717) is 11.5 Å². The first-order chi connectivity index (χ1) is 11.4. The minimum absolute atomic E-state index is 0.518. The molecular formula is C20H16O2S. The second kappa shape index (κ2) is 7.65. The molecule has 0 N–H and O–H groups in total. The molecule has 3 heteroatoms. The molecule has 0 heterocycles. The molecule has 0 aromatic heterocycles. The van der Waals surface area contributed by atoms with Gasteiger partial charge in [-0.1, -0.05) is 72.4 Å². The van der Waals surface area contributed by atoms with Gasteiger partial charge >= 0.3 is 0 Å². The number of carbonyl (C=O) groups excluding carboxylic acids is 1. The van der Waals surface area contributed by atoms with E-state index in [-0.39, 0.29) is 0 Å². The first kappa shape index (κ1) is 15.4. The third-order valence-corrected chi connectivity index (χ3v) is 4.29. The minimum atomic E-state index is 0.518. The normalized spacial score (nSPS) is 10.3. The van der Waals surface area contributed by atoms with Gasteiger partial charge in [0, 0.05) is 16.0 Å². The monoisotopic (exact) mass is 320 g/mol. The zero-order chi connectivity index (χ0) is 15.9. The van der Waals surface area contributed by atoms with Crippen LogP contribution >= 0.6 is 11.8 Å². The van der Waals surface area contributed by atoms with Crippen LogP contribution in [0.25, 0.3) is 11.1 Å². The Labute approximate surface area is 140 Å². The molecule has 0 bridgehead atoms. The summed E-state index contributed by atoms with van der Waals surface area (Å²) in [7, 11) is 0. The first-order valence-corrected chi connectivity index (χ1v) is 8.31. The van der Waals surface area contributed by atoms with Crippen LogP contribution in [0.2, 0.25) is 0 Å². The molecule has 0 fully saturated rings. The summed E-state index contributed by atoms with van der Waals surface area (Å²) in [6, 6.07) is 25.5. The summed E-state index contributed by atoms with van der Waals surface area (Å²) in [5.41, 5.74) is 2.49.